The van der Waals surface area contributed by atoms with E-state index in [4.69, 9.17) is 4.74 Å². The average Bonchev–Trinajstić information content (AvgIpc) is 2.74. The van der Waals surface area contributed by atoms with Crippen molar-refractivity contribution in [2.45, 2.75) is 42.7 Å². The summed E-state index contributed by atoms with van der Waals surface area (Å²) in [4.78, 5) is 15.0. The molecule has 2 fully saturated rings. The number of rotatable bonds is 4. The predicted molar refractivity (Wildman–Crippen MR) is 113 cm³/mol. The smallest absolute Gasteiger partial charge is 0.251 e. The maximum absolute atomic E-state index is 12.7. The number of amides is 1. The number of methoxy groups -OCH3 is 1. The molecule has 154 valence electrons. The lowest BCUT2D eigenvalue weighted by atomic mass is 9.55. The third kappa shape index (κ3) is 3.65. The van der Waals surface area contributed by atoms with Gasteiger partial charge in [0, 0.05) is 23.6 Å². The second-order valence-corrected chi connectivity index (χ2v) is 8.61. The monoisotopic (exact) mass is 394 g/mol. The number of hydrogen-bond donors (Lipinski definition) is 2. The van der Waals surface area contributed by atoms with Gasteiger partial charge in [0.2, 0.25) is 0 Å². The summed E-state index contributed by atoms with van der Waals surface area (Å²) in [6, 6.07) is 17.4. The van der Waals surface area contributed by atoms with Crippen LogP contribution >= 0.6 is 0 Å². The molecule has 1 amide bonds. The molecular formula is C24H30N2O3. The Labute approximate surface area is 172 Å². The fraction of sp³-hybridized carbons (Fsp3) is 0.458. The van der Waals surface area contributed by atoms with Crippen LogP contribution in [0.5, 0.6) is 5.75 Å². The Morgan fingerprint density at radius 1 is 1.17 bits per heavy atom. The molecular weight excluding hydrogens is 364 g/mol. The van der Waals surface area contributed by atoms with E-state index in [1.807, 2.05) is 42.5 Å². The quantitative estimate of drug-likeness (QED) is 0.837. The fourth-order valence-electron chi connectivity index (χ4n) is 5.27. The normalized spacial score (nSPS) is 29.7. The molecule has 1 saturated heterocycles. The van der Waals surface area contributed by atoms with Crippen LogP contribution in [0, 0.1) is 0 Å². The zero-order chi connectivity index (χ0) is 20.5. The molecule has 1 saturated carbocycles. The number of nitrogens with one attached hydrogen (secondary N) is 1. The number of likely N-dealkylation sites (tertiary alicyclic amines) is 1. The van der Waals surface area contributed by atoms with Gasteiger partial charge in [0.15, 0.2) is 0 Å². The fourth-order valence-corrected chi connectivity index (χ4v) is 5.27. The maximum atomic E-state index is 12.7. The van der Waals surface area contributed by atoms with Gasteiger partial charge >= 0.3 is 0 Å². The molecule has 1 heterocycles. The highest BCUT2D eigenvalue weighted by Crippen LogP contribution is 2.51. The molecule has 0 spiro atoms. The molecule has 2 aliphatic rings. The first-order valence-electron chi connectivity index (χ1n) is 10.4. The summed E-state index contributed by atoms with van der Waals surface area (Å²) < 4.78 is 5.46. The van der Waals surface area contributed by atoms with Gasteiger partial charge in [0.25, 0.3) is 5.91 Å². The standard InChI is InChI=1S/C24H30N2O3/c1-26-14-13-23(19-9-6-10-21(15-19)29-2)16-20(11-12-24(23,28)17-26)25-22(27)18-7-4-3-5-8-18/h3-10,15,20,28H,11-14,16-17H2,1-2H3,(H,25,27). The van der Waals surface area contributed by atoms with Gasteiger partial charge < -0.3 is 20.1 Å². The molecule has 3 atom stereocenters. The summed E-state index contributed by atoms with van der Waals surface area (Å²) in [5.74, 6) is 0.753. The van der Waals surface area contributed by atoms with Gasteiger partial charge in [0.1, 0.15) is 5.75 Å². The van der Waals surface area contributed by atoms with Crippen LogP contribution in [0.25, 0.3) is 0 Å². The lowest BCUT2D eigenvalue weighted by Gasteiger charge is -2.57. The van der Waals surface area contributed by atoms with Gasteiger partial charge in [-0.3, -0.25) is 4.79 Å². The van der Waals surface area contributed by atoms with Crippen LogP contribution in [0.2, 0.25) is 0 Å². The van der Waals surface area contributed by atoms with Crippen LogP contribution in [0.4, 0.5) is 0 Å². The van der Waals surface area contributed by atoms with Crippen LogP contribution in [0.3, 0.4) is 0 Å². The van der Waals surface area contributed by atoms with Gasteiger partial charge in [-0.2, -0.15) is 0 Å². The third-order valence-corrected chi connectivity index (χ3v) is 6.84. The van der Waals surface area contributed by atoms with E-state index >= 15 is 0 Å². The van der Waals surface area contributed by atoms with Crippen molar-refractivity contribution in [1.29, 1.82) is 0 Å². The number of carbonyl (C=O) groups excluding carboxylic acids is 1. The molecule has 0 bridgehead atoms. The molecule has 0 aromatic heterocycles. The number of fused-ring (bicyclic) bond motifs is 1. The molecule has 0 radical (unpaired) electrons. The first-order chi connectivity index (χ1) is 14.0. The van der Waals surface area contributed by atoms with E-state index in [2.05, 4.69) is 29.4 Å². The lowest BCUT2D eigenvalue weighted by Crippen LogP contribution is -2.66. The van der Waals surface area contributed by atoms with Crippen molar-refractivity contribution in [1.82, 2.24) is 10.2 Å². The Hall–Kier alpha value is -2.37. The highest BCUT2D eigenvalue weighted by molar-refractivity contribution is 5.94. The minimum Gasteiger partial charge on any atom is -0.497 e. The number of β-amino-alcohol motifs (C(OH)–C–C–N with tert-alkyl or cyclic N) is 1. The van der Waals surface area contributed by atoms with Crippen LogP contribution in [0.15, 0.2) is 54.6 Å². The molecule has 4 rings (SSSR count). The van der Waals surface area contributed by atoms with E-state index in [1.54, 1.807) is 7.11 Å². The van der Waals surface area contributed by atoms with E-state index in [9.17, 15) is 9.90 Å². The number of carbonyl (C=O) groups is 1. The first kappa shape index (κ1) is 19.9. The number of likely N-dealkylation sites (N-methyl/N-ethyl adjacent to an activating group) is 1. The summed E-state index contributed by atoms with van der Waals surface area (Å²) in [6.45, 7) is 1.56. The highest BCUT2D eigenvalue weighted by atomic mass is 16.5. The van der Waals surface area contributed by atoms with Crippen molar-refractivity contribution in [2.24, 2.45) is 0 Å². The largest absolute Gasteiger partial charge is 0.497 e. The van der Waals surface area contributed by atoms with Crippen molar-refractivity contribution in [3.63, 3.8) is 0 Å². The molecule has 2 N–H and O–H groups in total. The molecule has 2 aromatic carbocycles. The zero-order valence-corrected chi connectivity index (χ0v) is 17.2. The Kier molecular flexibility index (Phi) is 5.36. The topological polar surface area (TPSA) is 61.8 Å². The van der Waals surface area contributed by atoms with E-state index in [-0.39, 0.29) is 11.9 Å². The van der Waals surface area contributed by atoms with Gasteiger partial charge in [-0.15, -0.1) is 0 Å². The number of nitrogens with zero attached hydrogens (tertiary/aromatic N) is 1. The van der Waals surface area contributed by atoms with Gasteiger partial charge in [-0.25, -0.2) is 0 Å². The number of hydrogen-bond acceptors (Lipinski definition) is 4. The van der Waals surface area contributed by atoms with Crippen molar-refractivity contribution in [3.05, 3.63) is 65.7 Å². The first-order valence-corrected chi connectivity index (χ1v) is 10.4. The Morgan fingerprint density at radius 2 is 1.97 bits per heavy atom. The summed E-state index contributed by atoms with van der Waals surface area (Å²) in [6.07, 6.45) is 3.01. The number of ether oxygens (including phenoxy) is 1. The van der Waals surface area contributed by atoms with Crippen LogP contribution < -0.4 is 10.1 Å². The van der Waals surface area contributed by atoms with Crippen molar-refractivity contribution in [3.8, 4) is 5.75 Å². The molecule has 29 heavy (non-hydrogen) atoms. The van der Waals surface area contributed by atoms with E-state index in [0.29, 0.717) is 18.5 Å². The second kappa shape index (κ2) is 7.81. The van der Waals surface area contributed by atoms with Crippen molar-refractivity contribution < 1.29 is 14.6 Å². The minimum atomic E-state index is -0.819. The van der Waals surface area contributed by atoms with E-state index < -0.39 is 11.0 Å². The molecule has 1 aliphatic heterocycles. The molecule has 3 unspecified atom stereocenters. The highest BCUT2D eigenvalue weighted by Gasteiger charge is 2.57. The van der Waals surface area contributed by atoms with Gasteiger partial charge in [-0.1, -0.05) is 30.3 Å². The predicted octanol–water partition coefficient (Wildman–Crippen LogP) is 2.98. The van der Waals surface area contributed by atoms with Crippen molar-refractivity contribution >= 4 is 5.91 Å². The minimum absolute atomic E-state index is 0.0255. The summed E-state index contributed by atoms with van der Waals surface area (Å²) in [7, 11) is 3.73. The van der Waals surface area contributed by atoms with E-state index in [0.717, 1.165) is 37.1 Å². The van der Waals surface area contributed by atoms with Crippen LogP contribution in [-0.2, 0) is 5.41 Å². The molecule has 2 aromatic rings. The lowest BCUT2D eigenvalue weighted by molar-refractivity contribution is -0.121. The summed E-state index contributed by atoms with van der Waals surface area (Å²) >= 11 is 0. The van der Waals surface area contributed by atoms with Gasteiger partial charge in [0.05, 0.1) is 12.7 Å². The van der Waals surface area contributed by atoms with Gasteiger partial charge in [-0.05, 0) is 69.1 Å². The number of benzene rings is 2. The molecule has 1 aliphatic carbocycles. The number of aliphatic hydroxyl groups is 1. The Balaban J connectivity index is 1.65. The van der Waals surface area contributed by atoms with Crippen molar-refractivity contribution in [2.75, 3.05) is 27.2 Å². The van der Waals surface area contributed by atoms with E-state index in [1.165, 1.54) is 0 Å². The average molecular weight is 395 g/mol. The summed E-state index contributed by atoms with van der Waals surface area (Å²) in [5.41, 5.74) is 0.555. The van der Waals surface area contributed by atoms with Crippen LogP contribution in [-0.4, -0.2) is 54.8 Å². The second-order valence-electron chi connectivity index (χ2n) is 8.61. The van der Waals surface area contributed by atoms with Crippen LogP contribution in [0.1, 0.15) is 41.6 Å². The molecule has 5 nitrogen and oxygen atoms in total. The SMILES string of the molecule is COc1cccc(C23CCN(C)CC2(O)CCC(NC(=O)c2ccccc2)C3)c1. The number of piperidine rings is 1. The Morgan fingerprint density at radius 3 is 2.72 bits per heavy atom. The summed E-state index contributed by atoms with van der Waals surface area (Å²) in [5, 5.41) is 15.0. The Bertz CT molecular complexity index is 871. The third-order valence-electron chi connectivity index (χ3n) is 6.84. The zero-order valence-electron chi connectivity index (χ0n) is 17.2. The maximum Gasteiger partial charge on any atom is 0.251 e. The molecule has 5 heteroatoms.